The Morgan fingerprint density at radius 1 is 1.05 bits per heavy atom. The van der Waals surface area contributed by atoms with Gasteiger partial charge in [-0.15, -0.1) is 0 Å². The number of nitrogens with zero attached hydrogens (tertiary/aromatic N) is 1. The number of hydrogen-bond acceptors (Lipinski definition) is 2. The van der Waals surface area contributed by atoms with Gasteiger partial charge in [-0.25, -0.2) is 0 Å². The molecule has 0 saturated carbocycles. The van der Waals surface area contributed by atoms with Crippen LogP contribution in [0.3, 0.4) is 0 Å². The van der Waals surface area contributed by atoms with Crippen molar-refractivity contribution in [1.82, 2.24) is 0 Å². The third-order valence-electron chi connectivity index (χ3n) is 2.88. The molecule has 0 fully saturated rings. The van der Waals surface area contributed by atoms with Crippen molar-refractivity contribution >= 4 is 15.9 Å². The minimum atomic E-state index is 0.530. The topological polar surface area (TPSA) is 33.0 Å². The Morgan fingerprint density at radius 3 is 2.26 bits per heavy atom. The SMILES string of the molecule is Cc1cc(C)c(Oc2cc(Br)ccc2C#N)c(C)c1. The van der Waals surface area contributed by atoms with Crippen molar-refractivity contribution in [3.63, 3.8) is 0 Å². The van der Waals surface area contributed by atoms with Gasteiger partial charge in [-0.3, -0.25) is 0 Å². The van der Waals surface area contributed by atoms with Gasteiger partial charge in [0, 0.05) is 4.47 Å². The summed E-state index contributed by atoms with van der Waals surface area (Å²) in [5.41, 5.74) is 3.88. The molecule has 2 aromatic rings. The molecular weight excluding hydrogens is 302 g/mol. The van der Waals surface area contributed by atoms with Crippen LogP contribution in [0.5, 0.6) is 11.5 Å². The molecule has 0 N–H and O–H groups in total. The number of halogens is 1. The van der Waals surface area contributed by atoms with Gasteiger partial charge in [0.15, 0.2) is 0 Å². The zero-order chi connectivity index (χ0) is 14.0. The molecular formula is C16H14BrNO. The Morgan fingerprint density at radius 2 is 1.68 bits per heavy atom. The summed E-state index contributed by atoms with van der Waals surface area (Å²) in [5.74, 6) is 1.40. The number of benzene rings is 2. The highest BCUT2D eigenvalue weighted by atomic mass is 79.9. The third kappa shape index (κ3) is 2.97. The molecule has 0 aliphatic rings. The molecule has 0 saturated heterocycles. The van der Waals surface area contributed by atoms with Crippen molar-refractivity contribution in [3.8, 4) is 17.6 Å². The van der Waals surface area contributed by atoms with E-state index in [4.69, 9.17) is 10.00 Å². The second kappa shape index (κ2) is 5.46. The number of nitriles is 1. The predicted octanol–water partition coefficient (Wildman–Crippen LogP) is 5.04. The predicted molar refractivity (Wildman–Crippen MR) is 79.6 cm³/mol. The van der Waals surface area contributed by atoms with Crippen LogP contribution in [-0.2, 0) is 0 Å². The van der Waals surface area contributed by atoms with Crippen LogP contribution in [0.4, 0.5) is 0 Å². The Bertz CT molecular complexity index is 648. The molecule has 0 bridgehead atoms. The summed E-state index contributed by atoms with van der Waals surface area (Å²) in [6.07, 6.45) is 0. The molecule has 96 valence electrons. The van der Waals surface area contributed by atoms with E-state index >= 15 is 0 Å². The molecule has 0 aliphatic carbocycles. The lowest BCUT2D eigenvalue weighted by molar-refractivity contribution is 0.473. The van der Waals surface area contributed by atoms with Crippen molar-refractivity contribution in [2.45, 2.75) is 20.8 Å². The van der Waals surface area contributed by atoms with Crippen LogP contribution in [0.2, 0.25) is 0 Å². The minimum Gasteiger partial charge on any atom is -0.455 e. The summed E-state index contributed by atoms with van der Waals surface area (Å²) in [6.45, 7) is 6.09. The maximum absolute atomic E-state index is 9.12. The molecule has 0 spiro atoms. The number of ether oxygens (including phenoxy) is 1. The van der Waals surface area contributed by atoms with Crippen LogP contribution in [0.1, 0.15) is 22.3 Å². The molecule has 2 nitrogen and oxygen atoms in total. The summed E-state index contributed by atoms with van der Waals surface area (Å²) in [7, 11) is 0. The molecule has 0 aliphatic heterocycles. The molecule has 2 rings (SSSR count). The summed E-state index contributed by atoms with van der Waals surface area (Å²) in [4.78, 5) is 0. The van der Waals surface area contributed by atoms with Gasteiger partial charge in [0.2, 0.25) is 0 Å². The maximum atomic E-state index is 9.12. The standard InChI is InChI=1S/C16H14BrNO/c1-10-6-11(2)16(12(3)7-10)19-15-8-14(17)5-4-13(15)9-18/h4-8H,1-3H3. The molecule has 0 atom stereocenters. The highest BCUT2D eigenvalue weighted by Crippen LogP contribution is 2.33. The van der Waals surface area contributed by atoms with E-state index < -0.39 is 0 Å². The van der Waals surface area contributed by atoms with Crippen molar-refractivity contribution < 1.29 is 4.74 Å². The van der Waals surface area contributed by atoms with Gasteiger partial charge in [0.25, 0.3) is 0 Å². The largest absolute Gasteiger partial charge is 0.455 e. The molecule has 0 radical (unpaired) electrons. The highest BCUT2D eigenvalue weighted by Gasteiger charge is 2.10. The van der Waals surface area contributed by atoms with Crippen LogP contribution < -0.4 is 4.74 Å². The van der Waals surface area contributed by atoms with Gasteiger partial charge in [0.05, 0.1) is 5.56 Å². The average Bonchev–Trinajstić information content (AvgIpc) is 2.34. The van der Waals surface area contributed by atoms with E-state index in [1.807, 2.05) is 26.0 Å². The van der Waals surface area contributed by atoms with Gasteiger partial charge < -0.3 is 4.74 Å². The van der Waals surface area contributed by atoms with Crippen molar-refractivity contribution in [3.05, 3.63) is 57.1 Å². The Hall–Kier alpha value is -1.79. The lowest BCUT2D eigenvalue weighted by Gasteiger charge is -2.14. The fraction of sp³-hybridized carbons (Fsp3) is 0.188. The zero-order valence-electron chi connectivity index (χ0n) is 11.1. The van der Waals surface area contributed by atoms with Gasteiger partial charge in [0.1, 0.15) is 17.6 Å². The van der Waals surface area contributed by atoms with E-state index in [9.17, 15) is 0 Å². The van der Waals surface area contributed by atoms with Crippen molar-refractivity contribution in [1.29, 1.82) is 5.26 Å². The van der Waals surface area contributed by atoms with E-state index in [0.717, 1.165) is 21.3 Å². The Balaban J connectivity index is 2.48. The van der Waals surface area contributed by atoms with Crippen LogP contribution in [0, 0.1) is 32.1 Å². The lowest BCUT2D eigenvalue weighted by Crippen LogP contribution is -1.94. The molecule has 0 unspecified atom stereocenters. The molecule has 3 heteroatoms. The van der Waals surface area contributed by atoms with Crippen LogP contribution >= 0.6 is 15.9 Å². The van der Waals surface area contributed by atoms with Crippen LogP contribution in [0.25, 0.3) is 0 Å². The second-order valence-corrected chi connectivity index (χ2v) is 5.50. The second-order valence-electron chi connectivity index (χ2n) is 4.58. The van der Waals surface area contributed by atoms with E-state index in [2.05, 4.69) is 41.1 Å². The first kappa shape index (κ1) is 13.6. The first-order chi connectivity index (χ1) is 9.01. The van der Waals surface area contributed by atoms with E-state index in [-0.39, 0.29) is 0 Å². The van der Waals surface area contributed by atoms with Gasteiger partial charge in [-0.1, -0.05) is 33.6 Å². The quantitative estimate of drug-likeness (QED) is 0.778. The molecule has 0 aromatic heterocycles. The van der Waals surface area contributed by atoms with Gasteiger partial charge >= 0.3 is 0 Å². The lowest BCUT2D eigenvalue weighted by atomic mass is 10.1. The number of rotatable bonds is 2. The molecule has 0 heterocycles. The van der Waals surface area contributed by atoms with Gasteiger partial charge in [-0.05, 0) is 50.1 Å². The van der Waals surface area contributed by atoms with Crippen molar-refractivity contribution in [2.24, 2.45) is 0 Å². The number of hydrogen-bond donors (Lipinski definition) is 0. The maximum Gasteiger partial charge on any atom is 0.146 e. The van der Waals surface area contributed by atoms with Crippen LogP contribution in [0.15, 0.2) is 34.8 Å². The monoisotopic (exact) mass is 315 g/mol. The van der Waals surface area contributed by atoms with Gasteiger partial charge in [-0.2, -0.15) is 5.26 Å². The molecule has 0 amide bonds. The third-order valence-corrected chi connectivity index (χ3v) is 3.37. The summed E-state index contributed by atoms with van der Waals surface area (Å²) < 4.78 is 6.84. The summed E-state index contributed by atoms with van der Waals surface area (Å²) in [6, 6.07) is 11.7. The number of aryl methyl sites for hydroxylation is 3. The summed E-state index contributed by atoms with van der Waals surface area (Å²) >= 11 is 3.40. The molecule has 2 aromatic carbocycles. The van der Waals surface area contributed by atoms with Crippen molar-refractivity contribution in [2.75, 3.05) is 0 Å². The minimum absolute atomic E-state index is 0.530. The smallest absolute Gasteiger partial charge is 0.146 e. The first-order valence-corrected chi connectivity index (χ1v) is 6.76. The van der Waals surface area contributed by atoms with E-state index in [0.29, 0.717) is 11.3 Å². The van der Waals surface area contributed by atoms with E-state index in [1.54, 1.807) is 6.07 Å². The average molecular weight is 316 g/mol. The first-order valence-electron chi connectivity index (χ1n) is 5.96. The summed E-state index contributed by atoms with van der Waals surface area (Å²) in [5, 5.41) is 9.12. The zero-order valence-corrected chi connectivity index (χ0v) is 12.7. The molecule has 19 heavy (non-hydrogen) atoms. The Labute approximate surface area is 121 Å². The van der Waals surface area contributed by atoms with Crippen LogP contribution in [-0.4, -0.2) is 0 Å². The Kier molecular flexibility index (Phi) is 3.92. The van der Waals surface area contributed by atoms with E-state index in [1.165, 1.54) is 5.56 Å². The fourth-order valence-electron chi connectivity index (χ4n) is 2.11. The highest BCUT2D eigenvalue weighted by molar-refractivity contribution is 9.10. The normalized spacial score (nSPS) is 10.1. The fourth-order valence-corrected chi connectivity index (χ4v) is 2.45.